The molecule has 0 N–H and O–H groups in total. The predicted molar refractivity (Wildman–Crippen MR) is 46.2 cm³/mol. The van der Waals surface area contributed by atoms with Crippen molar-refractivity contribution in [2.75, 3.05) is 0 Å². The Morgan fingerprint density at radius 2 is 2.09 bits per heavy atom. The fraction of sp³-hybridized carbons (Fsp3) is 0.333. The van der Waals surface area contributed by atoms with Gasteiger partial charge < -0.3 is 0 Å². The van der Waals surface area contributed by atoms with E-state index in [0.717, 1.165) is 17.1 Å². The van der Waals surface area contributed by atoms with E-state index in [1.165, 1.54) is 0 Å². The van der Waals surface area contributed by atoms with Gasteiger partial charge in [-0.1, -0.05) is 6.08 Å². The first-order valence-corrected chi connectivity index (χ1v) is 3.67. The van der Waals surface area contributed by atoms with E-state index in [1.54, 1.807) is 0 Å². The van der Waals surface area contributed by atoms with Gasteiger partial charge in [-0.2, -0.15) is 0 Å². The van der Waals surface area contributed by atoms with E-state index in [2.05, 4.69) is 9.97 Å². The highest BCUT2D eigenvalue weighted by molar-refractivity contribution is 5.47. The molecule has 0 amide bonds. The number of aryl methyl sites for hydroxylation is 2. The first-order chi connectivity index (χ1) is 5.24. The molecule has 1 rings (SSSR count). The van der Waals surface area contributed by atoms with Crippen molar-refractivity contribution in [1.82, 2.24) is 9.97 Å². The molecule has 0 spiro atoms. The Labute approximate surface area is 67.0 Å². The first kappa shape index (κ1) is 7.92. The lowest BCUT2D eigenvalue weighted by Crippen LogP contribution is -1.92. The number of aromatic nitrogens is 2. The Balaban J connectivity index is 3.12. The highest BCUT2D eigenvalue weighted by atomic mass is 14.9. The maximum atomic E-state index is 4.26. The Bertz CT molecular complexity index is 277. The molecule has 0 fully saturated rings. The van der Waals surface area contributed by atoms with Crippen molar-refractivity contribution in [2.45, 2.75) is 20.8 Å². The average Bonchev–Trinajstić information content (AvgIpc) is 1.98. The first-order valence-electron chi connectivity index (χ1n) is 3.67. The summed E-state index contributed by atoms with van der Waals surface area (Å²) in [5.41, 5.74) is 2.13. The summed E-state index contributed by atoms with van der Waals surface area (Å²) >= 11 is 0. The minimum atomic E-state index is 0.823. The van der Waals surface area contributed by atoms with E-state index in [0.29, 0.717) is 0 Å². The molecule has 0 unspecified atom stereocenters. The fourth-order valence-corrected chi connectivity index (χ4v) is 0.874. The molecule has 2 heteroatoms. The van der Waals surface area contributed by atoms with Crippen molar-refractivity contribution in [2.24, 2.45) is 0 Å². The van der Waals surface area contributed by atoms with Crippen molar-refractivity contribution in [1.29, 1.82) is 0 Å². The molecule has 1 heterocycles. The minimum Gasteiger partial charge on any atom is -0.241 e. The van der Waals surface area contributed by atoms with Gasteiger partial charge in [0.05, 0.1) is 5.69 Å². The highest BCUT2D eigenvalue weighted by Gasteiger charge is 1.95. The number of rotatable bonds is 1. The van der Waals surface area contributed by atoms with E-state index < -0.39 is 0 Å². The molecule has 2 nitrogen and oxygen atoms in total. The van der Waals surface area contributed by atoms with Crippen LogP contribution in [0.1, 0.15) is 24.0 Å². The Kier molecular flexibility index (Phi) is 2.36. The quantitative estimate of drug-likeness (QED) is 0.609. The van der Waals surface area contributed by atoms with Crippen LogP contribution in [0.4, 0.5) is 0 Å². The number of allylic oxidation sites excluding steroid dienone is 1. The van der Waals surface area contributed by atoms with Gasteiger partial charge in [-0.3, -0.25) is 0 Å². The largest absolute Gasteiger partial charge is 0.241 e. The zero-order valence-electron chi connectivity index (χ0n) is 7.13. The van der Waals surface area contributed by atoms with Gasteiger partial charge in [-0.05, 0) is 32.4 Å². The van der Waals surface area contributed by atoms with Crippen LogP contribution in [-0.2, 0) is 0 Å². The maximum absolute atomic E-state index is 4.26. The van der Waals surface area contributed by atoms with Gasteiger partial charge in [0.2, 0.25) is 0 Å². The summed E-state index contributed by atoms with van der Waals surface area (Å²) in [6.07, 6.45) is 5.82. The van der Waals surface area contributed by atoms with Crippen LogP contribution in [0, 0.1) is 13.8 Å². The summed E-state index contributed by atoms with van der Waals surface area (Å²) in [7, 11) is 0. The van der Waals surface area contributed by atoms with Gasteiger partial charge in [-0.15, -0.1) is 0 Å². The summed E-state index contributed by atoms with van der Waals surface area (Å²) < 4.78 is 0. The minimum absolute atomic E-state index is 0.823. The van der Waals surface area contributed by atoms with Crippen molar-refractivity contribution in [3.05, 3.63) is 29.4 Å². The van der Waals surface area contributed by atoms with E-state index in [-0.39, 0.29) is 0 Å². The smallest absolute Gasteiger partial charge is 0.125 e. The lowest BCUT2D eigenvalue weighted by molar-refractivity contribution is 1.02. The van der Waals surface area contributed by atoms with Gasteiger partial charge >= 0.3 is 0 Å². The van der Waals surface area contributed by atoms with Crippen LogP contribution in [0.2, 0.25) is 0 Å². The molecule has 0 radical (unpaired) electrons. The van der Waals surface area contributed by atoms with Crippen LogP contribution in [0.25, 0.3) is 6.08 Å². The molecule has 58 valence electrons. The highest BCUT2D eigenvalue weighted by Crippen LogP contribution is 2.04. The molecular formula is C9H12N2. The Morgan fingerprint density at radius 1 is 1.36 bits per heavy atom. The monoisotopic (exact) mass is 148 g/mol. The second-order valence-corrected chi connectivity index (χ2v) is 2.49. The molecule has 0 bridgehead atoms. The number of nitrogens with zero attached hydrogens (tertiary/aromatic N) is 2. The Morgan fingerprint density at radius 3 is 2.73 bits per heavy atom. The second kappa shape index (κ2) is 3.28. The van der Waals surface area contributed by atoms with Crippen LogP contribution in [0.15, 0.2) is 12.3 Å². The van der Waals surface area contributed by atoms with Crippen molar-refractivity contribution < 1.29 is 0 Å². The van der Waals surface area contributed by atoms with E-state index in [1.807, 2.05) is 39.1 Å². The Hall–Kier alpha value is -1.18. The van der Waals surface area contributed by atoms with Gasteiger partial charge in [0.1, 0.15) is 5.82 Å². The molecule has 0 atom stereocenters. The summed E-state index contributed by atoms with van der Waals surface area (Å²) in [6.45, 7) is 5.89. The number of hydrogen-bond acceptors (Lipinski definition) is 2. The predicted octanol–water partition coefficient (Wildman–Crippen LogP) is 2.13. The summed E-state index contributed by atoms with van der Waals surface area (Å²) in [5, 5.41) is 0. The molecule has 0 aliphatic carbocycles. The normalized spacial score (nSPS) is 10.8. The van der Waals surface area contributed by atoms with Crippen molar-refractivity contribution >= 4 is 6.08 Å². The van der Waals surface area contributed by atoms with Crippen molar-refractivity contribution in [3.8, 4) is 0 Å². The molecule has 0 aromatic carbocycles. The summed E-state index contributed by atoms with van der Waals surface area (Å²) in [4.78, 5) is 8.34. The zero-order chi connectivity index (χ0) is 8.27. The third-order valence-electron chi connectivity index (χ3n) is 1.46. The molecule has 1 aromatic rings. The van der Waals surface area contributed by atoms with Crippen LogP contribution >= 0.6 is 0 Å². The van der Waals surface area contributed by atoms with Gasteiger partial charge in [0, 0.05) is 6.20 Å². The third-order valence-corrected chi connectivity index (χ3v) is 1.46. The maximum Gasteiger partial charge on any atom is 0.125 e. The molecule has 0 aliphatic rings. The molecular weight excluding hydrogens is 136 g/mol. The van der Waals surface area contributed by atoms with E-state index >= 15 is 0 Å². The summed E-state index contributed by atoms with van der Waals surface area (Å²) in [5.74, 6) is 0.823. The van der Waals surface area contributed by atoms with Gasteiger partial charge in [-0.25, -0.2) is 9.97 Å². The van der Waals surface area contributed by atoms with Gasteiger partial charge in [0.25, 0.3) is 0 Å². The summed E-state index contributed by atoms with van der Waals surface area (Å²) in [6, 6.07) is 0. The average molecular weight is 148 g/mol. The van der Waals surface area contributed by atoms with E-state index in [9.17, 15) is 0 Å². The lowest BCUT2D eigenvalue weighted by Gasteiger charge is -1.98. The van der Waals surface area contributed by atoms with Gasteiger partial charge in [0.15, 0.2) is 0 Å². The van der Waals surface area contributed by atoms with Crippen LogP contribution < -0.4 is 0 Å². The zero-order valence-corrected chi connectivity index (χ0v) is 7.13. The van der Waals surface area contributed by atoms with E-state index in [4.69, 9.17) is 0 Å². The number of hydrogen-bond donors (Lipinski definition) is 0. The van der Waals surface area contributed by atoms with Crippen molar-refractivity contribution in [3.63, 3.8) is 0 Å². The molecule has 1 aromatic heterocycles. The second-order valence-electron chi connectivity index (χ2n) is 2.49. The molecule has 0 aliphatic heterocycles. The van der Waals surface area contributed by atoms with Crippen LogP contribution in [0.3, 0.4) is 0 Å². The van der Waals surface area contributed by atoms with Crippen LogP contribution in [0.5, 0.6) is 0 Å². The third kappa shape index (κ3) is 1.87. The molecule has 0 saturated heterocycles. The molecule has 0 saturated carbocycles. The standard InChI is InChI=1S/C9H12N2/c1-4-5-9-7(2)6-10-8(3)11-9/h4-6H,1-3H3/b5-4+. The topological polar surface area (TPSA) is 25.8 Å². The molecule has 11 heavy (non-hydrogen) atoms. The lowest BCUT2D eigenvalue weighted by atomic mass is 10.2. The SMILES string of the molecule is C/C=C/c1nc(C)ncc1C. The van der Waals surface area contributed by atoms with Crippen LogP contribution in [-0.4, -0.2) is 9.97 Å². The fourth-order valence-electron chi connectivity index (χ4n) is 0.874.